The largest absolute Gasteiger partial charge is 1.00 e. The number of halogens is 1. The van der Waals surface area contributed by atoms with Crippen LogP contribution in [0.4, 0.5) is 0 Å². The van der Waals surface area contributed by atoms with Gasteiger partial charge in [0.2, 0.25) is 0 Å². The molecule has 0 amide bonds. The van der Waals surface area contributed by atoms with Crippen molar-refractivity contribution in [1.29, 1.82) is 0 Å². The molecule has 1 heterocycles. The summed E-state index contributed by atoms with van der Waals surface area (Å²) in [5.74, 6) is 0. The van der Waals surface area contributed by atoms with E-state index < -0.39 is 0 Å². The van der Waals surface area contributed by atoms with E-state index in [9.17, 15) is 0 Å². The molecule has 3 nitrogen and oxygen atoms in total. The summed E-state index contributed by atoms with van der Waals surface area (Å²) in [4.78, 5) is 0. The van der Waals surface area contributed by atoms with Crippen LogP contribution in [0.15, 0.2) is 60.7 Å². The highest BCUT2D eigenvalue weighted by atomic mass is 35.5. The Kier molecular flexibility index (Phi) is 5.82. The third kappa shape index (κ3) is 3.93. The van der Waals surface area contributed by atoms with Gasteiger partial charge in [-0.3, -0.25) is 0 Å². The second kappa shape index (κ2) is 7.45. The fourth-order valence-electron chi connectivity index (χ4n) is 3.41. The summed E-state index contributed by atoms with van der Waals surface area (Å²) in [6.45, 7) is 2.06. The molecule has 2 atom stereocenters. The Morgan fingerprint density at radius 1 is 0.870 bits per heavy atom. The number of quaternary nitrogens is 1. The molecule has 3 rings (SSSR count). The predicted octanol–water partition coefficient (Wildman–Crippen LogP) is -0.000600. The lowest BCUT2D eigenvalue weighted by Gasteiger charge is -2.48. The van der Waals surface area contributed by atoms with Crippen molar-refractivity contribution in [2.45, 2.75) is 12.1 Å². The highest BCUT2D eigenvalue weighted by molar-refractivity contribution is 5.28. The molecule has 23 heavy (non-hydrogen) atoms. The third-order valence-electron chi connectivity index (χ3n) is 4.41. The number of hydrogen-bond donors (Lipinski definition) is 1. The smallest absolute Gasteiger partial charge is 0.103 e. The van der Waals surface area contributed by atoms with Gasteiger partial charge in [-0.05, 0) is 11.1 Å². The zero-order chi connectivity index (χ0) is 15.6. The molecule has 1 saturated heterocycles. The second-order valence-electron chi connectivity index (χ2n) is 6.80. The Bertz CT molecular complexity index is 595. The molecule has 0 spiro atoms. The molecule has 2 aromatic rings. The molecule has 0 bridgehead atoms. The van der Waals surface area contributed by atoms with Crippen LogP contribution in [0.2, 0.25) is 0 Å². The van der Waals surface area contributed by atoms with E-state index in [-0.39, 0.29) is 12.4 Å². The minimum absolute atomic E-state index is 0. The molecule has 4 heteroatoms. The number of piperazine rings is 1. The Labute approximate surface area is 145 Å². The van der Waals surface area contributed by atoms with Gasteiger partial charge >= 0.3 is 0 Å². The van der Waals surface area contributed by atoms with Crippen molar-refractivity contribution < 1.29 is 17.0 Å². The standard InChI is InChI=1S/C19H26N3.ClH/c1-22(2,3)21-15-14-20-18(16-10-6-4-7-11-16)19(21)17-12-8-5-9-13-17;/h4-13,18-20H,14-15H2,1-3H3;1H/q+1;/p-1. The van der Waals surface area contributed by atoms with Crippen LogP contribution in [0.1, 0.15) is 23.2 Å². The summed E-state index contributed by atoms with van der Waals surface area (Å²) in [6.07, 6.45) is 0. The van der Waals surface area contributed by atoms with Crippen LogP contribution in [0.25, 0.3) is 0 Å². The first-order chi connectivity index (χ1) is 10.6. The molecule has 2 unspecified atom stereocenters. The number of nitrogens with one attached hydrogen (secondary N) is 1. The van der Waals surface area contributed by atoms with Crippen molar-refractivity contribution in [3.8, 4) is 0 Å². The molecule has 0 aromatic heterocycles. The van der Waals surface area contributed by atoms with Crippen LogP contribution >= 0.6 is 0 Å². The zero-order valence-electron chi connectivity index (χ0n) is 14.1. The minimum Gasteiger partial charge on any atom is -1.00 e. The molecule has 1 N–H and O–H groups in total. The molecule has 1 aliphatic rings. The van der Waals surface area contributed by atoms with E-state index in [1.54, 1.807) is 0 Å². The number of benzene rings is 2. The van der Waals surface area contributed by atoms with E-state index >= 15 is 0 Å². The van der Waals surface area contributed by atoms with Crippen molar-refractivity contribution in [2.75, 3.05) is 34.2 Å². The summed E-state index contributed by atoms with van der Waals surface area (Å²) >= 11 is 0. The third-order valence-corrected chi connectivity index (χ3v) is 4.41. The van der Waals surface area contributed by atoms with Crippen LogP contribution in [-0.2, 0) is 0 Å². The number of hydrogen-bond acceptors (Lipinski definition) is 2. The van der Waals surface area contributed by atoms with Gasteiger partial charge in [0.15, 0.2) is 0 Å². The lowest BCUT2D eigenvalue weighted by molar-refractivity contribution is -0.993. The van der Waals surface area contributed by atoms with Crippen LogP contribution in [0, 0.1) is 0 Å². The SMILES string of the molecule is C[N+](C)(C)N1CCNC(c2ccccc2)C1c1ccccc1.[Cl-]. The summed E-state index contributed by atoms with van der Waals surface area (Å²) < 4.78 is 0.838. The van der Waals surface area contributed by atoms with E-state index in [0.717, 1.165) is 17.7 Å². The monoisotopic (exact) mass is 331 g/mol. The van der Waals surface area contributed by atoms with Gasteiger partial charge in [-0.15, -0.1) is 5.01 Å². The van der Waals surface area contributed by atoms with Crippen molar-refractivity contribution in [1.82, 2.24) is 10.3 Å². The lowest BCUT2D eigenvalue weighted by Crippen LogP contribution is -3.00. The zero-order valence-corrected chi connectivity index (χ0v) is 14.9. The molecule has 1 aliphatic heterocycles. The first-order valence-corrected chi connectivity index (χ1v) is 7.99. The molecule has 0 radical (unpaired) electrons. The van der Waals surface area contributed by atoms with Gasteiger partial charge < -0.3 is 17.7 Å². The quantitative estimate of drug-likeness (QED) is 0.797. The number of nitrogens with zero attached hydrogens (tertiary/aromatic N) is 2. The molecule has 0 saturated carbocycles. The van der Waals surface area contributed by atoms with Crippen molar-refractivity contribution in [3.05, 3.63) is 71.8 Å². The predicted molar refractivity (Wildman–Crippen MR) is 91.1 cm³/mol. The maximum atomic E-state index is 3.73. The van der Waals surface area contributed by atoms with Gasteiger partial charge in [-0.2, -0.15) is 0 Å². The van der Waals surface area contributed by atoms with Crippen molar-refractivity contribution in [2.24, 2.45) is 0 Å². The number of rotatable bonds is 3. The van der Waals surface area contributed by atoms with Gasteiger partial charge in [0.1, 0.15) is 6.04 Å². The Hall–Kier alpha value is -1.39. The Balaban J connectivity index is 0.00000192. The summed E-state index contributed by atoms with van der Waals surface area (Å²) in [5, 5.41) is 6.31. The lowest BCUT2D eigenvalue weighted by atomic mass is 9.91. The topological polar surface area (TPSA) is 15.3 Å². The molecular formula is C19H26ClN3. The second-order valence-corrected chi connectivity index (χ2v) is 6.80. The van der Waals surface area contributed by atoms with Gasteiger partial charge in [0, 0.05) is 6.54 Å². The van der Waals surface area contributed by atoms with Crippen molar-refractivity contribution >= 4 is 0 Å². The fourth-order valence-corrected chi connectivity index (χ4v) is 3.41. The maximum Gasteiger partial charge on any atom is 0.103 e. The van der Waals surface area contributed by atoms with Gasteiger partial charge in [-0.25, -0.2) is 4.59 Å². The average molecular weight is 332 g/mol. The molecule has 0 aliphatic carbocycles. The van der Waals surface area contributed by atoms with E-state index in [4.69, 9.17) is 0 Å². The summed E-state index contributed by atoms with van der Waals surface area (Å²) in [6, 6.07) is 22.3. The van der Waals surface area contributed by atoms with Crippen LogP contribution in [-0.4, -0.2) is 43.8 Å². The molecule has 1 fully saturated rings. The minimum atomic E-state index is 0. The summed E-state index contributed by atoms with van der Waals surface area (Å²) in [5.41, 5.74) is 2.73. The normalized spacial score (nSPS) is 22.4. The van der Waals surface area contributed by atoms with E-state index in [0.29, 0.717) is 12.1 Å². The van der Waals surface area contributed by atoms with Crippen LogP contribution in [0.5, 0.6) is 0 Å². The molecule has 124 valence electrons. The first kappa shape index (κ1) is 18.0. The van der Waals surface area contributed by atoms with Crippen LogP contribution in [0.3, 0.4) is 0 Å². The Morgan fingerprint density at radius 2 is 1.39 bits per heavy atom. The molecular weight excluding hydrogens is 306 g/mol. The van der Waals surface area contributed by atoms with Crippen LogP contribution < -0.4 is 17.7 Å². The van der Waals surface area contributed by atoms with E-state index in [1.807, 2.05) is 0 Å². The maximum absolute atomic E-state index is 3.73. The van der Waals surface area contributed by atoms with E-state index in [1.165, 1.54) is 11.1 Å². The van der Waals surface area contributed by atoms with Gasteiger partial charge in [0.25, 0.3) is 0 Å². The van der Waals surface area contributed by atoms with Gasteiger partial charge in [0.05, 0.1) is 33.7 Å². The van der Waals surface area contributed by atoms with Gasteiger partial charge in [-0.1, -0.05) is 60.7 Å². The highest BCUT2D eigenvalue weighted by Gasteiger charge is 2.40. The fraction of sp³-hybridized carbons (Fsp3) is 0.368. The highest BCUT2D eigenvalue weighted by Crippen LogP contribution is 2.37. The van der Waals surface area contributed by atoms with Crippen molar-refractivity contribution in [3.63, 3.8) is 0 Å². The van der Waals surface area contributed by atoms with E-state index in [2.05, 4.69) is 92.1 Å². The molecule has 2 aromatic carbocycles. The first-order valence-electron chi connectivity index (χ1n) is 7.99. The summed E-state index contributed by atoms with van der Waals surface area (Å²) in [7, 11) is 6.76. The average Bonchev–Trinajstić information content (AvgIpc) is 2.55. The Morgan fingerprint density at radius 3 is 1.91 bits per heavy atom.